The summed E-state index contributed by atoms with van der Waals surface area (Å²) >= 11 is 0. The zero-order valence-corrected chi connectivity index (χ0v) is 12.2. The molecule has 1 aromatic heterocycles. The summed E-state index contributed by atoms with van der Waals surface area (Å²) in [5.41, 5.74) is -0.0278. The highest BCUT2D eigenvalue weighted by molar-refractivity contribution is 5.41. The second-order valence-corrected chi connectivity index (χ2v) is 5.46. The maximum absolute atomic E-state index is 14.2. The van der Waals surface area contributed by atoms with Crippen LogP contribution in [-0.4, -0.2) is 46.6 Å². The van der Waals surface area contributed by atoms with Gasteiger partial charge in [0.05, 0.1) is 11.8 Å². The Bertz CT molecular complexity index is 515. The molecule has 2 rings (SSSR count). The van der Waals surface area contributed by atoms with E-state index >= 15 is 0 Å². The average molecular weight is 277 g/mol. The number of rotatable bonds is 3. The van der Waals surface area contributed by atoms with Gasteiger partial charge in [-0.2, -0.15) is 5.26 Å². The van der Waals surface area contributed by atoms with Gasteiger partial charge in [0.1, 0.15) is 11.9 Å². The molecule has 0 spiro atoms. The van der Waals surface area contributed by atoms with E-state index in [0.717, 1.165) is 13.1 Å². The van der Waals surface area contributed by atoms with Crippen LogP contribution >= 0.6 is 0 Å². The van der Waals surface area contributed by atoms with E-state index in [-0.39, 0.29) is 5.82 Å². The van der Waals surface area contributed by atoms with Gasteiger partial charge in [-0.1, -0.05) is 6.92 Å². The fourth-order valence-electron chi connectivity index (χ4n) is 2.41. The minimum Gasteiger partial charge on any atom is -0.352 e. The van der Waals surface area contributed by atoms with Crippen LogP contribution in [0.15, 0.2) is 6.33 Å². The number of nitrogens with zero attached hydrogens (tertiary/aromatic N) is 5. The highest BCUT2D eigenvalue weighted by Gasteiger charge is 2.31. The minimum absolute atomic E-state index is 0.317. The number of aryl methyl sites for hydroxylation is 1. The number of halogens is 1. The third kappa shape index (κ3) is 2.73. The topological polar surface area (TPSA) is 56.1 Å². The molecule has 0 atom stereocenters. The molecule has 1 saturated heterocycles. The Labute approximate surface area is 119 Å². The minimum atomic E-state index is -0.481. The molecule has 6 heteroatoms. The summed E-state index contributed by atoms with van der Waals surface area (Å²) in [6.45, 7) is 8.48. The van der Waals surface area contributed by atoms with Crippen molar-refractivity contribution in [2.24, 2.45) is 0 Å². The zero-order chi connectivity index (χ0) is 14.8. The van der Waals surface area contributed by atoms with Crippen LogP contribution in [0, 0.1) is 17.1 Å². The average Bonchev–Trinajstić information content (AvgIpc) is 2.47. The van der Waals surface area contributed by atoms with Crippen molar-refractivity contribution in [2.75, 3.05) is 31.1 Å². The van der Waals surface area contributed by atoms with Crippen molar-refractivity contribution in [3.63, 3.8) is 0 Å². The lowest BCUT2D eigenvalue weighted by Gasteiger charge is -2.40. The standard InChI is InChI=1S/C14H20FN5/c1-4-11-12(15)13(18-10-17-11)19-5-7-20(8-6-19)14(2,3)9-16/h10H,4-8H2,1-3H3. The van der Waals surface area contributed by atoms with E-state index in [1.807, 2.05) is 25.7 Å². The molecule has 0 bridgehead atoms. The van der Waals surface area contributed by atoms with E-state index in [9.17, 15) is 4.39 Å². The molecule has 108 valence electrons. The highest BCUT2D eigenvalue weighted by Crippen LogP contribution is 2.22. The van der Waals surface area contributed by atoms with Crippen molar-refractivity contribution in [1.29, 1.82) is 5.26 Å². The maximum atomic E-state index is 14.2. The number of nitriles is 1. The number of anilines is 1. The molecule has 2 heterocycles. The molecule has 1 aromatic rings. The number of hydrogen-bond acceptors (Lipinski definition) is 5. The van der Waals surface area contributed by atoms with Crippen LogP contribution in [-0.2, 0) is 6.42 Å². The fraction of sp³-hybridized carbons (Fsp3) is 0.643. The summed E-state index contributed by atoms with van der Waals surface area (Å²) < 4.78 is 14.2. The SMILES string of the molecule is CCc1ncnc(N2CCN(C(C)(C)C#N)CC2)c1F. The van der Waals surface area contributed by atoms with Crippen molar-refractivity contribution in [1.82, 2.24) is 14.9 Å². The van der Waals surface area contributed by atoms with Crippen LogP contribution in [0.4, 0.5) is 10.2 Å². The summed E-state index contributed by atoms with van der Waals surface area (Å²) in [6, 6.07) is 2.30. The lowest BCUT2D eigenvalue weighted by Crippen LogP contribution is -2.54. The van der Waals surface area contributed by atoms with Crippen molar-refractivity contribution in [3.05, 3.63) is 17.8 Å². The molecule has 0 radical (unpaired) electrons. The number of piperazine rings is 1. The van der Waals surface area contributed by atoms with E-state index in [0.29, 0.717) is 31.0 Å². The predicted molar refractivity (Wildman–Crippen MR) is 74.8 cm³/mol. The first-order chi connectivity index (χ1) is 9.49. The lowest BCUT2D eigenvalue weighted by molar-refractivity contribution is 0.157. The van der Waals surface area contributed by atoms with Crippen molar-refractivity contribution >= 4 is 5.82 Å². The molecule has 5 nitrogen and oxygen atoms in total. The summed E-state index contributed by atoms with van der Waals surface area (Å²) in [6.07, 6.45) is 1.98. The maximum Gasteiger partial charge on any atom is 0.187 e. The van der Waals surface area contributed by atoms with Gasteiger partial charge in [0.2, 0.25) is 0 Å². The van der Waals surface area contributed by atoms with Crippen LogP contribution in [0.3, 0.4) is 0 Å². The summed E-state index contributed by atoms with van der Waals surface area (Å²) in [4.78, 5) is 12.1. The van der Waals surface area contributed by atoms with E-state index in [4.69, 9.17) is 5.26 Å². The first-order valence-electron chi connectivity index (χ1n) is 6.90. The lowest BCUT2D eigenvalue weighted by atomic mass is 10.0. The Morgan fingerprint density at radius 1 is 1.30 bits per heavy atom. The van der Waals surface area contributed by atoms with E-state index in [1.54, 1.807) is 0 Å². The van der Waals surface area contributed by atoms with Crippen LogP contribution in [0.25, 0.3) is 0 Å². The molecule has 0 unspecified atom stereocenters. The Morgan fingerprint density at radius 3 is 2.50 bits per heavy atom. The quantitative estimate of drug-likeness (QED) is 0.840. The first-order valence-corrected chi connectivity index (χ1v) is 6.90. The van der Waals surface area contributed by atoms with E-state index in [2.05, 4.69) is 20.9 Å². The summed E-state index contributed by atoms with van der Waals surface area (Å²) in [5, 5.41) is 9.16. The summed E-state index contributed by atoms with van der Waals surface area (Å²) in [5.74, 6) is 0.0641. The predicted octanol–water partition coefficient (Wildman–Crippen LogP) is 1.60. The van der Waals surface area contributed by atoms with Crippen LogP contribution < -0.4 is 4.90 Å². The van der Waals surface area contributed by atoms with Gasteiger partial charge < -0.3 is 4.90 Å². The van der Waals surface area contributed by atoms with Gasteiger partial charge in [0.25, 0.3) is 0 Å². The molecule has 0 saturated carbocycles. The molecule has 1 aliphatic rings. The molecular weight excluding hydrogens is 257 g/mol. The molecular formula is C14H20FN5. The van der Waals surface area contributed by atoms with Crippen LogP contribution in [0.2, 0.25) is 0 Å². The van der Waals surface area contributed by atoms with E-state index < -0.39 is 5.54 Å². The molecule has 0 amide bonds. The second kappa shape index (κ2) is 5.71. The smallest absolute Gasteiger partial charge is 0.187 e. The van der Waals surface area contributed by atoms with Crippen LogP contribution in [0.1, 0.15) is 26.5 Å². The molecule has 0 aromatic carbocycles. The van der Waals surface area contributed by atoms with Gasteiger partial charge in [-0.25, -0.2) is 14.4 Å². The molecule has 1 fully saturated rings. The Balaban J connectivity index is 2.10. The fourth-order valence-corrected chi connectivity index (χ4v) is 2.41. The van der Waals surface area contributed by atoms with Crippen molar-refractivity contribution < 1.29 is 4.39 Å². The van der Waals surface area contributed by atoms with Gasteiger partial charge in [0, 0.05) is 26.2 Å². The van der Waals surface area contributed by atoms with E-state index in [1.165, 1.54) is 6.33 Å². The molecule has 20 heavy (non-hydrogen) atoms. The Morgan fingerprint density at radius 2 is 1.95 bits per heavy atom. The molecule has 0 N–H and O–H groups in total. The Kier molecular flexibility index (Phi) is 4.19. The largest absolute Gasteiger partial charge is 0.352 e. The number of aromatic nitrogens is 2. The molecule has 1 aliphatic heterocycles. The third-order valence-electron chi connectivity index (χ3n) is 3.82. The first kappa shape index (κ1) is 14.7. The monoisotopic (exact) mass is 277 g/mol. The van der Waals surface area contributed by atoms with Gasteiger partial charge in [0.15, 0.2) is 11.6 Å². The normalized spacial score (nSPS) is 17.1. The Hall–Kier alpha value is -1.74. The third-order valence-corrected chi connectivity index (χ3v) is 3.82. The van der Waals surface area contributed by atoms with Crippen LogP contribution in [0.5, 0.6) is 0 Å². The number of hydrogen-bond donors (Lipinski definition) is 0. The second-order valence-electron chi connectivity index (χ2n) is 5.46. The summed E-state index contributed by atoms with van der Waals surface area (Å²) in [7, 11) is 0. The highest BCUT2D eigenvalue weighted by atomic mass is 19.1. The zero-order valence-electron chi connectivity index (χ0n) is 12.2. The molecule has 0 aliphatic carbocycles. The van der Waals surface area contributed by atoms with Crippen molar-refractivity contribution in [3.8, 4) is 6.07 Å². The van der Waals surface area contributed by atoms with Gasteiger partial charge in [-0.05, 0) is 20.3 Å². The van der Waals surface area contributed by atoms with Crippen molar-refractivity contribution in [2.45, 2.75) is 32.7 Å². The van der Waals surface area contributed by atoms with Gasteiger partial charge in [-0.3, -0.25) is 4.90 Å². The van der Waals surface area contributed by atoms with Gasteiger partial charge >= 0.3 is 0 Å². The van der Waals surface area contributed by atoms with Gasteiger partial charge in [-0.15, -0.1) is 0 Å².